The van der Waals surface area contributed by atoms with Crippen molar-refractivity contribution in [2.24, 2.45) is 5.41 Å². The van der Waals surface area contributed by atoms with Crippen LogP contribution in [0.5, 0.6) is 0 Å². The van der Waals surface area contributed by atoms with E-state index >= 15 is 0 Å². The Hall–Kier alpha value is -1.84. The molecule has 0 bridgehead atoms. The summed E-state index contributed by atoms with van der Waals surface area (Å²) in [7, 11) is 0. The summed E-state index contributed by atoms with van der Waals surface area (Å²) in [5, 5.41) is 9.68. The Balaban J connectivity index is 3.04. The van der Waals surface area contributed by atoms with Crippen LogP contribution in [0.15, 0.2) is 30.3 Å². The number of carbonyl (C=O) groups is 2. The van der Waals surface area contributed by atoms with Gasteiger partial charge in [-0.3, -0.25) is 9.59 Å². The van der Waals surface area contributed by atoms with Crippen LogP contribution < -0.4 is 0 Å². The molecule has 1 rings (SSSR count). The van der Waals surface area contributed by atoms with E-state index in [-0.39, 0.29) is 13.0 Å². The molecule has 21 heavy (non-hydrogen) atoms. The molecular weight excluding hydrogens is 268 g/mol. The second kappa shape index (κ2) is 8.45. The van der Waals surface area contributed by atoms with Gasteiger partial charge in [-0.05, 0) is 25.3 Å². The molecule has 0 aliphatic carbocycles. The van der Waals surface area contributed by atoms with E-state index < -0.39 is 17.4 Å². The predicted octanol–water partition coefficient (Wildman–Crippen LogP) is 3.44. The number of ether oxygens (including phenoxy) is 1. The summed E-state index contributed by atoms with van der Waals surface area (Å²) < 4.78 is 5.05. The van der Waals surface area contributed by atoms with Gasteiger partial charge in [-0.2, -0.15) is 0 Å². The summed E-state index contributed by atoms with van der Waals surface area (Å²) in [6.07, 6.45) is 3.07. The fraction of sp³-hybridized carbons (Fsp3) is 0.529. The lowest BCUT2D eigenvalue weighted by Crippen LogP contribution is -2.42. The van der Waals surface area contributed by atoms with Crippen LogP contribution in [-0.2, 0) is 20.7 Å². The standard InChI is InChI=1S/C17H24O4/c1-3-5-9-12-17(15(18)19,16(20)21-4-2)13-14-10-7-6-8-11-14/h6-8,10-11H,3-5,9,12-13H2,1-2H3,(H,18,19). The zero-order valence-corrected chi connectivity index (χ0v) is 12.8. The van der Waals surface area contributed by atoms with Gasteiger partial charge in [0.05, 0.1) is 6.61 Å². The monoisotopic (exact) mass is 292 g/mol. The number of carboxylic acid groups (broad SMARTS) is 1. The van der Waals surface area contributed by atoms with Crippen molar-refractivity contribution in [3.05, 3.63) is 35.9 Å². The van der Waals surface area contributed by atoms with Gasteiger partial charge < -0.3 is 9.84 Å². The fourth-order valence-corrected chi connectivity index (χ4v) is 2.42. The highest BCUT2D eigenvalue weighted by atomic mass is 16.5. The number of carbonyl (C=O) groups excluding carboxylic acids is 1. The third kappa shape index (κ3) is 4.59. The van der Waals surface area contributed by atoms with E-state index in [9.17, 15) is 14.7 Å². The molecular formula is C17H24O4. The van der Waals surface area contributed by atoms with Crippen LogP contribution in [-0.4, -0.2) is 23.7 Å². The molecule has 1 aromatic carbocycles. The molecule has 1 atom stereocenters. The van der Waals surface area contributed by atoms with Crippen molar-refractivity contribution < 1.29 is 19.4 Å². The van der Waals surface area contributed by atoms with E-state index in [2.05, 4.69) is 0 Å². The van der Waals surface area contributed by atoms with E-state index in [0.717, 1.165) is 18.4 Å². The molecule has 1 unspecified atom stereocenters. The predicted molar refractivity (Wildman–Crippen MR) is 81.0 cm³/mol. The van der Waals surface area contributed by atoms with Crippen LogP contribution in [0, 0.1) is 5.41 Å². The Bertz CT molecular complexity index is 455. The number of hydrogen-bond donors (Lipinski definition) is 1. The normalized spacial score (nSPS) is 13.4. The molecule has 116 valence electrons. The third-order valence-electron chi connectivity index (χ3n) is 3.63. The molecule has 0 saturated carbocycles. The molecule has 0 aromatic heterocycles. The lowest BCUT2D eigenvalue weighted by molar-refractivity contribution is -0.169. The maximum absolute atomic E-state index is 12.3. The van der Waals surface area contributed by atoms with Gasteiger partial charge in [-0.15, -0.1) is 0 Å². The first-order valence-corrected chi connectivity index (χ1v) is 7.51. The number of carboxylic acids is 1. The summed E-state index contributed by atoms with van der Waals surface area (Å²) in [6.45, 7) is 3.93. The van der Waals surface area contributed by atoms with Crippen molar-refractivity contribution in [3.8, 4) is 0 Å². The SMILES string of the molecule is CCCCCC(Cc1ccccc1)(C(=O)O)C(=O)OCC. The van der Waals surface area contributed by atoms with Gasteiger partial charge in [0.2, 0.25) is 0 Å². The van der Waals surface area contributed by atoms with Gasteiger partial charge in [0, 0.05) is 0 Å². The summed E-state index contributed by atoms with van der Waals surface area (Å²) in [5.74, 6) is -1.72. The molecule has 0 spiro atoms. The smallest absolute Gasteiger partial charge is 0.323 e. The largest absolute Gasteiger partial charge is 0.480 e. The van der Waals surface area contributed by atoms with Gasteiger partial charge in [0.25, 0.3) is 0 Å². The molecule has 0 amide bonds. The van der Waals surface area contributed by atoms with Crippen molar-refractivity contribution in [3.63, 3.8) is 0 Å². The van der Waals surface area contributed by atoms with Gasteiger partial charge in [-0.1, -0.05) is 56.5 Å². The van der Waals surface area contributed by atoms with Crippen molar-refractivity contribution in [2.45, 2.75) is 46.0 Å². The lowest BCUT2D eigenvalue weighted by atomic mass is 9.77. The average Bonchev–Trinajstić information content (AvgIpc) is 2.47. The topological polar surface area (TPSA) is 63.6 Å². The minimum absolute atomic E-state index is 0.172. The van der Waals surface area contributed by atoms with Crippen molar-refractivity contribution in [1.82, 2.24) is 0 Å². The molecule has 0 radical (unpaired) electrons. The fourth-order valence-electron chi connectivity index (χ4n) is 2.42. The highest BCUT2D eigenvalue weighted by Crippen LogP contribution is 2.32. The zero-order chi connectivity index (χ0) is 15.7. The maximum atomic E-state index is 12.3. The van der Waals surface area contributed by atoms with E-state index in [4.69, 9.17) is 4.74 Å². The first-order valence-electron chi connectivity index (χ1n) is 7.51. The highest BCUT2D eigenvalue weighted by Gasteiger charge is 2.47. The molecule has 1 N–H and O–H groups in total. The minimum Gasteiger partial charge on any atom is -0.480 e. The highest BCUT2D eigenvalue weighted by molar-refractivity contribution is 5.99. The Morgan fingerprint density at radius 3 is 2.33 bits per heavy atom. The molecule has 0 heterocycles. The van der Waals surface area contributed by atoms with Crippen LogP contribution in [0.2, 0.25) is 0 Å². The number of unbranched alkanes of at least 4 members (excludes halogenated alkanes) is 2. The summed E-state index contributed by atoms with van der Waals surface area (Å²) in [5.41, 5.74) is -0.642. The molecule has 4 nitrogen and oxygen atoms in total. The van der Waals surface area contributed by atoms with E-state index in [0.29, 0.717) is 12.8 Å². The quantitative estimate of drug-likeness (QED) is 0.430. The van der Waals surface area contributed by atoms with Crippen molar-refractivity contribution in [1.29, 1.82) is 0 Å². The number of esters is 1. The van der Waals surface area contributed by atoms with Crippen molar-refractivity contribution in [2.75, 3.05) is 6.61 Å². The van der Waals surface area contributed by atoms with E-state index in [1.54, 1.807) is 6.92 Å². The van der Waals surface area contributed by atoms with Gasteiger partial charge in [0.1, 0.15) is 0 Å². The third-order valence-corrected chi connectivity index (χ3v) is 3.63. The molecule has 0 aliphatic heterocycles. The second-order valence-electron chi connectivity index (χ2n) is 5.23. The Morgan fingerprint density at radius 1 is 1.14 bits per heavy atom. The van der Waals surface area contributed by atoms with Crippen LogP contribution in [0.1, 0.15) is 45.1 Å². The first kappa shape index (κ1) is 17.2. The zero-order valence-electron chi connectivity index (χ0n) is 12.8. The van der Waals surface area contributed by atoms with Gasteiger partial charge in [-0.25, -0.2) is 0 Å². The van der Waals surface area contributed by atoms with Crippen LogP contribution in [0.25, 0.3) is 0 Å². The number of hydrogen-bond acceptors (Lipinski definition) is 3. The Labute approximate surface area is 126 Å². The number of rotatable bonds is 9. The van der Waals surface area contributed by atoms with Gasteiger partial charge >= 0.3 is 11.9 Å². The van der Waals surface area contributed by atoms with Gasteiger partial charge in [0.15, 0.2) is 5.41 Å². The van der Waals surface area contributed by atoms with E-state index in [1.165, 1.54) is 0 Å². The molecule has 0 saturated heterocycles. The van der Waals surface area contributed by atoms with E-state index in [1.807, 2.05) is 37.3 Å². The van der Waals surface area contributed by atoms with Crippen LogP contribution in [0.3, 0.4) is 0 Å². The Kier molecular flexibility index (Phi) is 6.92. The molecule has 1 aromatic rings. The summed E-state index contributed by atoms with van der Waals surface area (Å²) >= 11 is 0. The van der Waals surface area contributed by atoms with Crippen molar-refractivity contribution >= 4 is 11.9 Å². The molecule has 4 heteroatoms. The summed E-state index contributed by atoms with van der Waals surface area (Å²) in [6, 6.07) is 9.25. The van der Waals surface area contributed by atoms with Crippen LogP contribution in [0.4, 0.5) is 0 Å². The maximum Gasteiger partial charge on any atom is 0.323 e. The Morgan fingerprint density at radius 2 is 1.81 bits per heavy atom. The minimum atomic E-state index is -1.48. The average molecular weight is 292 g/mol. The number of benzene rings is 1. The summed E-state index contributed by atoms with van der Waals surface area (Å²) in [4.78, 5) is 24.1. The second-order valence-corrected chi connectivity index (χ2v) is 5.23. The molecule has 0 aliphatic rings. The lowest BCUT2D eigenvalue weighted by Gasteiger charge is -2.27. The first-order chi connectivity index (χ1) is 10.1. The number of aliphatic carboxylic acids is 1. The van der Waals surface area contributed by atoms with Crippen LogP contribution >= 0.6 is 0 Å². The molecule has 0 fully saturated rings.